The molecule has 0 fully saturated rings. The summed E-state index contributed by atoms with van der Waals surface area (Å²) in [6.45, 7) is 4.24. The van der Waals surface area contributed by atoms with Crippen LogP contribution in [0.25, 0.3) is 0 Å². The molecule has 0 bridgehead atoms. The zero-order chi connectivity index (χ0) is 19.4. The van der Waals surface area contributed by atoms with Gasteiger partial charge in [-0.05, 0) is 43.7 Å². The average molecular weight is 385 g/mol. The number of para-hydroxylation sites is 1. The quantitative estimate of drug-likeness (QED) is 0.722. The number of rotatable bonds is 5. The number of thioether (sulfide) groups is 1. The monoisotopic (exact) mass is 385 g/mol. The van der Waals surface area contributed by atoms with Crippen LogP contribution in [0.4, 0.5) is 5.69 Å². The second kappa shape index (κ2) is 8.48. The van der Waals surface area contributed by atoms with Crippen LogP contribution < -0.4 is 14.4 Å². The Labute approximate surface area is 163 Å². The first-order valence-electron chi connectivity index (χ1n) is 8.87. The SMILES string of the molecule is COc1cc(C(C)=O)ccc1OCC(=O)N1CC[C@@H](C)Sc2ccccc21. The molecular weight excluding hydrogens is 362 g/mol. The maximum Gasteiger partial charge on any atom is 0.264 e. The lowest BCUT2D eigenvalue weighted by atomic mass is 10.1. The van der Waals surface area contributed by atoms with Crippen LogP contribution >= 0.6 is 11.8 Å². The summed E-state index contributed by atoms with van der Waals surface area (Å²) in [7, 11) is 1.51. The zero-order valence-electron chi connectivity index (χ0n) is 15.7. The normalized spacial score (nSPS) is 16.3. The Balaban J connectivity index is 1.75. The Morgan fingerprint density at radius 3 is 2.70 bits per heavy atom. The predicted molar refractivity (Wildman–Crippen MR) is 107 cm³/mol. The van der Waals surface area contributed by atoms with Gasteiger partial charge in [-0.3, -0.25) is 9.59 Å². The number of hydrogen-bond donors (Lipinski definition) is 0. The fourth-order valence-electron chi connectivity index (χ4n) is 2.97. The molecule has 2 aromatic carbocycles. The number of benzene rings is 2. The van der Waals surface area contributed by atoms with Gasteiger partial charge in [-0.2, -0.15) is 0 Å². The van der Waals surface area contributed by atoms with E-state index in [0.29, 0.717) is 28.9 Å². The van der Waals surface area contributed by atoms with E-state index < -0.39 is 0 Å². The van der Waals surface area contributed by atoms with Crippen molar-refractivity contribution in [1.29, 1.82) is 0 Å². The number of fused-ring (bicyclic) bond motifs is 1. The molecule has 0 spiro atoms. The minimum absolute atomic E-state index is 0.0521. The molecule has 6 heteroatoms. The maximum atomic E-state index is 12.9. The van der Waals surface area contributed by atoms with E-state index >= 15 is 0 Å². The molecule has 1 heterocycles. The molecule has 1 atom stereocenters. The number of anilines is 1. The van der Waals surface area contributed by atoms with Crippen LogP contribution in [0.15, 0.2) is 47.4 Å². The van der Waals surface area contributed by atoms with Crippen LogP contribution in [0.2, 0.25) is 0 Å². The van der Waals surface area contributed by atoms with E-state index in [0.717, 1.165) is 17.0 Å². The Hall–Kier alpha value is -2.47. The maximum absolute atomic E-state index is 12.9. The molecule has 0 saturated carbocycles. The third-order valence-electron chi connectivity index (χ3n) is 4.47. The lowest BCUT2D eigenvalue weighted by molar-refractivity contribution is -0.120. The number of ketones is 1. The van der Waals surface area contributed by atoms with Gasteiger partial charge in [0.1, 0.15) is 0 Å². The first-order chi connectivity index (χ1) is 13.0. The van der Waals surface area contributed by atoms with Gasteiger partial charge in [-0.1, -0.05) is 19.1 Å². The molecule has 1 aliphatic heterocycles. The fraction of sp³-hybridized carbons (Fsp3) is 0.333. The Morgan fingerprint density at radius 1 is 1.19 bits per heavy atom. The lowest BCUT2D eigenvalue weighted by Crippen LogP contribution is -2.36. The summed E-state index contributed by atoms with van der Waals surface area (Å²) in [5.74, 6) is 0.733. The summed E-state index contributed by atoms with van der Waals surface area (Å²) in [6, 6.07) is 12.9. The molecule has 5 nitrogen and oxygen atoms in total. The van der Waals surface area contributed by atoms with Crippen molar-refractivity contribution in [2.45, 2.75) is 30.4 Å². The van der Waals surface area contributed by atoms with Crippen molar-refractivity contribution in [2.24, 2.45) is 0 Å². The molecule has 3 rings (SSSR count). The van der Waals surface area contributed by atoms with Crippen molar-refractivity contribution >= 4 is 29.1 Å². The van der Waals surface area contributed by atoms with Crippen molar-refractivity contribution in [3.63, 3.8) is 0 Å². The van der Waals surface area contributed by atoms with E-state index in [1.54, 1.807) is 34.9 Å². The number of carbonyl (C=O) groups excluding carboxylic acids is 2. The molecule has 27 heavy (non-hydrogen) atoms. The minimum atomic E-state index is -0.102. The molecular formula is C21H23NO4S. The van der Waals surface area contributed by atoms with Crippen LogP contribution in [-0.4, -0.2) is 37.2 Å². The highest BCUT2D eigenvalue weighted by Gasteiger charge is 2.24. The summed E-state index contributed by atoms with van der Waals surface area (Å²) in [4.78, 5) is 27.3. The third kappa shape index (κ3) is 4.45. The number of hydrogen-bond acceptors (Lipinski definition) is 5. The number of Topliss-reactive ketones (excluding diaryl/α,β-unsaturated/α-hetero) is 1. The molecule has 142 valence electrons. The highest BCUT2D eigenvalue weighted by Crippen LogP contribution is 2.37. The number of carbonyl (C=O) groups is 2. The van der Waals surface area contributed by atoms with Gasteiger partial charge < -0.3 is 14.4 Å². The number of methoxy groups -OCH3 is 1. The molecule has 0 radical (unpaired) electrons. The van der Waals surface area contributed by atoms with E-state index in [1.807, 2.05) is 24.3 Å². The lowest BCUT2D eigenvalue weighted by Gasteiger charge is -2.23. The second-order valence-electron chi connectivity index (χ2n) is 6.44. The number of ether oxygens (including phenoxy) is 2. The molecule has 1 aliphatic rings. The number of nitrogens with zero attached hydrogens (tertiary/aromatic N) is 1. The highest BCUT2D eigenvalue weighted by molar-refractivity contribution is 8.00. The summed E-state index contributed by atoms with van der Waals surface area (Å²) in [5, 5.41) is 0.448. The molecule has 1 amide bonds. The summed E-state index contributed by atoms with van der Waals surface area (Å²) in [6.07, 6.45) is 0.918. The largest absolute Gasteiger partial charge is 0.493 e. The fourth-order valence-corrected chi connectivity index (χ4v) is 4.08. The number of amides is 1. The van der Waals surface area contributed by atoms with Crippen LogP contribution in [0, 0.1) is 0 Å². The standard InChI is InChI=1S/C21H23NO4S/c1-14-10-11-22(17-6-4-5-7-20(17)27-14)21(24)13-26-18-9-8-16(15(2)23)12-19(18)25-3/h4-9,12,14H,10-11,13H2,1-3H3/t14-/m1/s1. The summed E-state index contributed by atoms with van der Waals surface area (Å²) >= 11 is 1.79. The van der Waals surface area contributed by atoms with Gasteiger partial charge in [0, 0.05) is 22.3 Å². The topological polar surface area (TPSA) is 55.8 Å². The second-order valence-corrected chi connectivity index (χ2v) is 7.92. The highest BCUT2D eigenvalue weighted by atomic mass is 32.2. The predicted octanol–water partition coefficient (Wildman–Crippen LogP) is 4.19. The Morgan fingerprint density at radius 2 is 1.96 bits per heavy atom. The Bertz CT molecular complexity index is 852. The van der Waals surface area contributed by atoms with Crippen molar-refractivity contribution in [2.75, 3.05) is 25.2 Å². The van der Waals surface area contributed by atoms with Gasteiger partial charge in [-0.25, -0.2) is 0 Å². The molecule has 0 N–H and O–H groups in total. The van der Waals surface area contributed by atoms with Gasteiger partial charge >= 0.3 is 0 Å². The average Bonchev–Trinajstić information content (AvgIpc) is 2.84. The van der Waals surface area contributed by atoms with Crippen molar-refractivity contribution in [3.05, 3.63) is 48.0 Å². The van der Waals surface area contributed by atoms with Gasteiger partial charge in [0.25, 0.3) is 5.91 Å². The zero-order valence-corrected chi connectivity index (χ0v) is 16.5. The molecule has 0 aliphatic carbocycles. The summed E-state index contributed by atoms with van der Waals surface area (Å²) in [5.41, 5.74) is 1.47. The van der Waals surface area contributed by atoms with Crippen molar-refractivity contribution in [1.82, 2.24) is 0 Å². The summed E-state index contributed by atoms with van der Waals surface area (Å²) < 4.78 is 11.0. The van der Waals surface area contributed by atoms with E-state index in [-0.39, 0.29) is 18.3 Å². The van der Waals surface area contributed by atoms with Gasteiger partial charge in [0.2, 0.25) is 0 Å². The van der Waals surface area contributed by atoms with E-state index in [4.69, 9.17) is 9.47 Å². The molecule has 0 aromatic heterocycles. The van der Waals surface area contributed by atoms with Crippen molar-refractivity contribution < 1.29 is 19.1 Å². The van der Waals surface area contributed by atoms with Gasteiger partial charge in [0.05, 0.1) is 12.8 Å². The van der Waals surface area contributed by atoms with Crippen LogP contribution in [0.1, 0.15) is 30.6 Å². The van der Waals surface area contributed by atoms with Crippen LogP contribution in [-0.2, 0) is 4.79 Å². The third-order valence-corrected chi connectivity index (χ3v) is 5.70. The first kappa shape index (κ1) is 19.3. The van der Waals surface area contributed by atoms with Crippen molar-refractivity contribution in [3.8, 4) is 11.5 Å². The van der Waals surface area contributed by atoms with Crippen LogP contribution in [0.5, 0.6) is 11.5 Å². The molecule has 0 unspecified atom stereocenters. The minimum Gasteiger partial charge on any atom is -0.493 e. The first-order valence-corrected chi connectivity index (χ1v) is 9.75. The molecule has 2 aromatic rings. The Kier molecular flexibility index (Phi) is 6.06. The van der Waals surface area contributed by atoms with Gasteiger partial charge in [0.15, 0.2) is 23.9 Å². The smallest absolute Gasteiger partial charge is 0.264 e. The molecule has 0 saturated heterocycles. The van der Waals surface area contributed by atoms with Crippen LogP contribution in [0.3, 0.4) is 0 Å². The van der Waals surface area contributed by atoms with E-state index in [2.05, 4.69) is 6.92 Å². The van der Waals surface area contributed by atoms with E-state index in [1.165, 1.54) is 14.0 Å². The van der Waals surface area contributed by atoms with E-state index in [9.17, 15) is 9.59 Å². The van der Waals surface area contributed by atoms with Gasteiger partial charge in [-0.15, -0.1) is 11.8 Å².